The minimum atomic E-state index is -0.542. The Balaban J connectivity index is 1.81. The maximum absolute atomic E-state index is 13.4. The third-order valence-corrected chi connectivity index (χ3v) is 4.44. The smallest absolute Gasteiger partial charge is 0.230 e. The fourth-order valence-electron chi connectivity index (χ4n) is 3.39. The zero-order valence-corrected chi connectivity index (χ0v) is 13.2. The topological polar surface area (TPSA) is 58.6 Å². The van der Waals surface area contributed by atoms with Crippen molar-refractivity contribution < 1.29 is 18.7 Å². The number of amides is 2. The molecule has 1 aromatic carbocycles. The molecule has 0 saturated carbocycles. The highest BCUT2D eigenvalue weighted by molar-refractivity contribution is 6.01. The number of piperidine rings is 1. The van der Waals surface area contributed by atoms with Crippen molar-refractivity contribution in [2.45, 2.75) is 38.2 Å². The molecule has 2 heterocycles. The predicted molar refractivity (Wildman–Crippen MR) is 83.6 cm³/mol. The number of hydrogen-bond donors (Lipinski definition) is 1. The molecule has 1 aromatic rings. The lowest BCUT2D eigenvalue weighted by Gasteiger charge is -2.36. The Morgan fingerprint density at radius 3 is 3.09 bits per heavy atom. The van der Waals surface area contributed by atoms with Crippen molar-refractivity contribution in [1.29, 1.82) is 0 Å². The summed E-state index contributed by atoms with van der Waals surface area (Å²) >= 11 is 0. The molecule has 2 atom stereocenters. The number of fused-ring (bicyclic) bond motifs is 1. The van der Waals surface area contributed by atoms with E-state index in [1.807, 2.05) is 6.92 Å². The number of nitrogens with zero attached hydrogens (tertiary/aromatic N) is 1. The molecule has 6 heteroatoms. The van der Waals surface area contributed by atoms with Crippen molar-refractivity contribution in [1.82, 2.24) is 4.90 Å². The van der Waals surface area contributed by atoms with E-state index in [0.717, 1.165) is 12.8 Å². The van der Waals surface area contributed by atoms with Gasteiger partial charge in [-0.1, -0.05) is 6.07 Å². The van der Waals surface area contributed by atoms with Gasteiger partial charge in [-0.05, 0) is 37.5 Å². The fourth-order valence-corrected chi connectivity index (χ4v) is 3.39. The number of likely N-dealkylation sites (tertiary alicyclic amines) is 1. The molecule has 2 amide bonds. The second kappa shape index (κ2) is 6.66. The standard InChI is InChI=1S/C17H21FN2O3/c1-2-23-12-4-3-7-20(10-12)17(22)14-9-16(21)19-15-8-11(18)5-6-13(14)15/h5-6,8,12,14H,2-4,7,9-10H2,1H3,(H,19,21). The van der Waals surface area contributed by atoms with Crippen LogP contribution in [0.25, 0.3) is 0 Å². The maximum Gasteiger partial charge on any atom is 0.230 e. The SMILES string of the molecule is CCOC1CCCN(C(=O)C2CC(=O)Nc3cc(F)ccc32)C1. The number of halogens is 1. The van der Waals surface area contributed by atoms with Gasteiger partial charge in [-0.15, -0.1) is 0 Å². The Morgan fingerprint density at radius 2 is 2.30 bits per heavy atom. The average Bonchev–Trinajstić information content (AvgIpc) is 2.53. The molecule has 2 aliphatic heterocycles. The lowest BCUT2D eigenvalue weighted by atomic mass is 9.88. The molecule has 2 aliphatic rings. The van der Waals surface area contributed by atoms with Crippen molar-refractivity contribution >= 4 is 17.5 Å². The Morgan fingerprint density at radius 1 is 1.48 bits per heavy atom. The highest BCUT2D eigenvalue weighted by atomic mass is 19.1. The van der Waals surface area contributed by atoms with Gasteiger partial charge in [-0.3, -0.25) is 9.59 Å². The van der Waals surface area contributed by atoms with Gasteiger partial charge in [-0.2, -0.15) is 0 Å². The van der Waals surface area contributed by atoms with Crippen LogP contribution in [-0.4, -0.2) is 42.5 Å². The first kappa shape index (κ1) is 15.9. The van der Waals surface area contributed by atoms with Gasteiger partial charge in [0, 0.05) is 31.8 Å². The van der Waals surface area contributed by atoms with E-state index in [0.29, 0.717) is 30.9 Å². The summed E-state index contributed by atoms with van der Waals surface area (Å²) in [5, 5.41) is 2.64. The van der Waals surface area contributed by atoms with Gasteiger partial charge in [0.05, 0.1) is 12.0 Å². The van der Waals surface area contributed by atoms with E-state index in [1.54, 1.807) is 11.0 Å². The number of rotatable bonds is 3. The summed E-state index contributed by atoms with van der Waals surface area (Å²) in [6.07, 6.45) is 2.01. The van der Waals surface area contributed by atoms with Crippen molar-refractivity contribution in [2.24, 2.45) is 0 Å². The lowest BCUT2D eigenvalue weighted by Crippen LogP contribution is -2.46. The number of ether oxygens (including phenoxy) is 1. The summed E-state index contributed by atoms with van der Waals surface area (Å²) < 4.78 is 19.0. The minimum Gasteiger partial charge on any atom is -0.377 e. The normalized spacial score (nSPS) is 24.1. The monoisotopic (exact) mass is 320 g/mol. The second-order valence-corrected chi connectivity index (χ2v) is 6.04. The molecule has 0 aromatic heterocycles. The zero-order chi connectivity index (χ0) is 16.4. The van der Waals surface area contributed by atoms with Crippen LogP contribution in [0.3, 0.4) is 0 Å². The van der Waals surface area contributed by atoms with Gasteiger partial charge in [0.15, 0.2) is 0 Å². The van der Waals surface area contributed by atoms with Crippen LogP contribution in [0.5, 0.6) is 0 Å². The summed E-state index contributed by atoms with van der Waals surface area (Å²) in [6.45, 7) is 3.80. The summed E-state index contributed by atoms with van der Waals surface area (Å²) in [7, 11) is 0. The van der Waals surface area contributed by atoms with Crippen LogP contribution in [0.1, 0.15) is 37.7 Å². The third kappa shape index (κ3) is 3.37. The molecule has 1 saturated heterocycles. The van der Waals surface area contributed by atoms with E-state index in [2.05, 4.69) is 5.32 Å². The summed E-state index contributed by atoms with van der Waals surface area (Å²) in [4.78, 5) is 26.5. The molecule has 1 fully saturated rings. The Labute approximate surface area is 134 Å². The van der Waals surface area contributed by atoms with Gasteiger partial charge in [0.25, 0.3) is 0 Å². The molecule has 0 aliphatic carbocycles. The van der Waals surface area contributed by atoms with Crippen molar-refractivity contribution in [3.63, 3.8) is 0 Å². The Hall–Kier alpha value is -1.95. The number of anilines is 1. The van der Waals surface area contributed by atoms with Crippen LogP contribution < -0.4 is 5.32 Å². The first-order chi connectivity index (χ1) is 11.1. The molecule has 1 N–H and O–H groups in total. The van der Waals surface area contributed by atoms with Crippen LogP contribution >= 0.6 is 0 Å². The van der Waals surface area contributed by atoms with Crippen LogP contribution in [0, 0.1) is 5.82 Å². The van der Waals surface area contributed by atoms with E-state index >= 15 is 0 Å². The van der Waals surface area contributed by atoms with E-state index < -0.39 is 11.7 Å². The quantitative estimate of drug-likeness (QED) is 0.929. The molecule has 0 radical (unpaired) electrons. The van der Waals surface area contributed by atoms with Crippen molar-refractivity contribution in [3.8, 4) is 0 Å². The van der Waals surface area contributed by atoms with Gasteiger partial charge in [0.2, 0.25) is 11.8 Å². The Kier molecular flexibility index (Phi) is 4.61. The van der Waals surface area contributed by atoms with E-state index in [4.69, 9.17) is 4.74 Å². The number of carbonyl (C=O) groups is 2. The van der Waals surface area contributed by atoms with Gasteiger partial charge in [0.1, 0.15) is 5.82 Å². The average molecular weight is 320 g/mol. The maximum atomic E-state index is 13.4. The fraction of sp³-hybridized carbons (Fsp3) is 0.529. The molecule has 23 heavy (non-hydrogen) atoms. The van der Waals surface area contributed by atoms with Crippen molar-refractivity contribution in [3.05, 3.63) is 29.6 Å². The lowest BCUT2D eigenvalue weighted by molar-refractivity contribution is -0.138. The van der Waals surface area contributed by atoms with Gasteiger partial charge >= 0.3 is 0 Å². The first-order valence-corrected chi connectivity index (χ1v) is 8.08. The number of carbonyl (C=O) groups excluding carboxylic acids is 2. The van der Waals surface area contributed by atoms with Crippen LogP contribution in [0.15, 0.2) is 18.2 Å². The predicted octanol–water partition coefficient (Wildman–Crippen LogP) is 2.28. The minimum absolute atomic E-state index is 0.0582. The van der Waals surface area contributed by atoms with Crippen LogP contribution in [0.2, 0.25) is 0 Å². The third-order valence-electron chi connectivity index (χ3n) is 4.44. The summed E-state index contributed by atoms with van der Waals surface area (Å²) in [5.74, 6) is -1.29. The molecule has 5 nitrogen and oxygen atoms in total. The molecule has 0 spiro atoms. The van der Waals surface area contributed by atoms with E-state index in [9.17, 15) is 14.0 Å². The molecule has 124 valence electrons. The molecule has 0 bridgehead atoms. The van der Waals surface area contributed by atoms with Crippen LogP contribution in [0.4, 0.5) is 10.1 Å². The highest BCUT2D eigenvalue weighted by Crippen LogP contribution is 2.34. The highest BCUT2D eigenvalue weighted by Gasteiger charge is 2.35. The zero-order valence-electron chi connectivity index (χ0n) is 13.2. The number of nitrogens with one attached hydrogen (secondary N) is 1. The second-order valence-electron chi connectivity index (χ2n) is 6.04. The summed E-state index contributed by atoms with van der Waals surface area (Å²) in [6, 6.07) is 4.19. The molecule has 3 rings (SSSR count). The molecule has 2 unspecified atom stereocenters. The van der Waals surface area contributed by atoms with Crippen molar-refractivity contribution in [2.75, 3.05) is 25.0 Å². The van der Waals surface area contributed by atoms with Crippen LogP contribution in [-0.2, 0) is 14.3 Å². The van der Waals surface area contributed by atoms with Gasteiger partial charge < -0.3 is 15.0 Å². The largest absolute Gasteiger partial charge is 0.377 e. The summed E-state index contributed by atoms with van der Waals surface area (Å²) in [5.41, 5.74) is 1.09. The Bertz CT molecular complexity index is 618. The van der Waals surface area contributed by atoms with E-state index in [1.165, 1.54) is 12.1 Å². The number of benzene rings is 1. The van der Waals surface area contributed by atoms with E-state index in [-0.39, 0.29) is 24.3 Å². The molecular formula is C17H21FN2O3. The number of hydrogen-bond acceptors (Lipinski definition) is 3. The van der Waals surface area contributed by atoms with Gasteiger partial charge in [-0.25, -0.2) is 4.39 Å². The first-order valence-electron chi connectivity index (χ1n) is 8.08. The molecular weight excluding hydrogens is 299 g/mol.